The van der Waals surface area contributed by atoms with Crippen LogP contribution in [-0.2, 0) is 13.1 Å². The minimum atomic E-state index is 0.481. The summed E-state index contributed by atoms with van der Waals surface area (Å²) < 4.78 is 5.32. The molecular formula is C13H24N2O. The van der Waals surface area contributed by atoms with Crippen LogP contribution in [0.3, 0.4) is 0 Å². The third-order valence-corrected chi connectivity index (χ3v) is 3.01. The third-order valence-electron chi connectivity index (χ3n) is 3.01. The molecule has 0 fully saturated rings. The molecule has 3 heteroatoms. The lowest BCUT2D eigenvalue weighted by atomic mass is 10.0. The average molecular weight is 224 g/mol. The number of hydrogen-bond acceptors (Lipinski definition) is 3. The van der Waals surface area contributed by atoms with E-state index in [2.05, 4.69) is 32.7 Å². The molecule has 0 bridgehead atoms. The zero-order valence-electron chi connectivity index (χ0n) is 10.9. The Bertz CT molecular complexity index is 307. The highest BCUT2D eigenvalue weighted by Crippen LogP contribution is 2.16. The van der Waals surface area contributed by atoms with Gasteiger partial charge in [-0.05, 0) is 32.4 Å². The summed E-state index contributed by atoms with van der Waals surface area (Å²) in [6.07, 6.45) is 2.94. The van der Waals surface area contributed by atoms with E-state index in [0.717, 1.165) is 18.2 Å². The summed E-state index contributed by atoms with van der Waals surface area (Å²) in [7, 11) is 2.15. The van der Waals surface area contributed by atoms with E-state index in [0.29, 0.717) is 12.6 Å². The summed E-state index contributed by atoms with van der Waals surface area (Å²) in [5.74, 6) is 1.64. The number of furan rings is 1. The molecule has 0 aliphatic carbocycles. The summed E-state index contributed by atoms with van der Waals surface area (Å²) in [5.41, 5.74) is 6.82. The minimum Gasteiger partial charge on any atom is -0.468 e. The van der Waals surface area contributed by atoms with Crippen LogP contribution in [0.1, 0.15) is 38.5 Å². The predicted molar refractivity (Wildman–Crippen MR) is 67.0 cm³/mol. The molecule has 1 atom stereocenters. The maximum Gasteiger partial charge on any atom is 0.121 e. The van der Waals surface area contributed by atoms with Crippen LogP contribution in [-0.4, -0.2) is 18.0 Å². The average Bonchev–Trinajstić information content (AvgIpc) is 2.64. The zero-order chi connectivity index (χ0) is 12.1. The topological polar surface area (TPSA) is 42.4 Å². The van der Waals surface area contributed by atoms with Gasteiger partial charge in [0.2, 0.25) is 0 Å². The van der Waals surface area contributed by atoms with E-state index in [1.807, 2.05) is 6.07 Å². The maximum atomic E-state index is 5.62. The summed E-state index contributed by atoms with van der Waals surface area (Å²) in [4.78, 5) is 2.35. The molecule has 0 aliphatic heterocycles. The quantitative estimate of drug-likeness (QED) is 0.807. The number of rotatable bonds is 6. The van der Waals surface area contributed by atoms with Crippen molar-refractivity contribution in [2.24, 2.45) is 11.7 Å². The Balaban J connectivity index is 2.53. The Labute approximate surface area is 98.6 Å². The summed E-state index contributed by atoms with van der Waals surface area (Å²) in [5, 5.41) is 0. The van der Waals surface area contributed by atoms with Gasteiger partial charge in [-0.15, -0.1) is 0 Å². The molecule has 0 saturated carbocycles. The molecule has 1 heterocycles. The predicted octanol–water partition coefficient (Wildman–Crippen LogP) is 2.60. The van der Waals surface area contributed by atoms with E-state index >= 15 is 0 Å². The Kier molecular flexibility index (Phi) is 5.03. The van der Waals surface area contributed by atoms with Crippen LogP contribution in [0, 0.1) is 5.92 Å². The van der Waals surface area contributed by atoms with Gasteiger partial charge < -0.3 is 10.2 Å². The fourth-order valence-corrected chi connectivity index (χ4v) is 1.97. The normalized spacial score (nSPS) is 13.7. The number of nitrogens with zero attached hydrogens (tertiary/aromatic N) is 1. The lowest BCUT2D eigenvalue weighted by Gasteiger charge is -2.25. The van der Waals surface area contributed by atoms with Crippen LogP contribution >= 0.6 is 0 Å². The van der Waals surface area contributed by atoms with Crippen molar-refractivity contribution < 1.29 is 4.42 Å². The van der Waals surface area contributed by atoms with Crippen molar-refractivity contribution in [3.63, 3.8) is 0 Å². The van der Waals surface area contributed by atoms with Gasteiger partial charge in [0.05, 0.1) is 12.8 Å². The highest BCUT2D eigenvalue weighted by atomic mass is 16.3. The van der Waals surface area contributed by atoms with Crippen molar-refractivity contribution in [2.75, 3.05) is 7.05 Å². The highest BCUT2D eigenvalue weighted by Gasteiger charge is 2.13. The van der Waals surface area contributed by atoms with Crippen molar-refractivity contribution in [1.29, 1.82) is 0 Å². The monoisotopic (exact) mass is 224 g/mol. The molecule has 0 spiro atoms. The second-order valence-electron chi connectivity index (χ2n) is 4.97. The van der Waals surface area contributed by atoms with Gasteiger partial charge >= 0.3 is 0 Å². The van der Waals surface area contributed by atoms with Crippen molar-refractivity contribution in [2.45, 2.75) is 46.3 Å². The molecule has 1 aromatic rings. The van der Waals surface area contributed by atoms with E-state index in [-0.39, 0.29) is 0 Å². The lowest BCUT2D eigenvalue weighted by molar-refractivity contribution is 0.219. The molecule has 92 valence electrons. The number of hydrogen-bond donors (Lipinski definition) is 1. The molecule has 1 rings (SSSR count). The zero-order valence-corrected chi connectivity index (χ0v) is 10.9. The highest BCUT2D eigenvalue weighted by molar-refractivity contribution is 5.16. The van der Waals surface area contributed by atoms with Gasteiger partial charge in [-0.3, -0.25) is 4.90 Å². The van der Waals surface area contributed by atoms with Gasteiger partial charge in [-0.25, -0.2) is 0 Å². The molecule has 0 saturated heterocycles. The van der Waals surface area contributed by atoms with Gasteiger partial charge in [-0.1, -0.05) is 13.8 Å². The van der Waals surface area contributed by atoms with Crippen molar-refractivity contribution >= 4 is 0 Å². The van der Waals surface area contributed by atoms with Crippen molar-refractivity contribution in [1.82, 2.24) is 4.90 Å². The first kappa shape index (κ1) is 13.3. The van der Waals surface area contributed by atoms with E-state index in [1.54, 1.807) is 6.26 Å². The summed E-state index contributed by atoms with van der Waals surface area (Å²) in [6.45, 7) is 8.18. The first-order chi connectivity index (χ1) is 7.54. The number of nitrogens with two attached hydrogens (primary N) is 1. The standard InChI is InChI=1S/C13H24N2O/c1-10(2)7-11(3)15(4)9-12-5-6-16-13(12)8-14/h5-6,10-11H,7-9,14H2,1-4H3. The van der Waals surface area contributed by atoms with Gasteiger partial charge in [0.25, 0.3) is 0 Å². The second-order valence-corrected chi connectivity index (χ2v) is 4.97. The first-order valence-corrected chi connectivity index (χ1v) is 6.00. The molecule has 2 N–H and O–H groups in total. The maximum absolute atomic E-state index is 5.62. The minimum absolute atomic E-state index is 0.481. The molecule has 1 unspecified atom stereocenters. The van der Waals surface area contributed by atoms with Crippen molar-refractivity contribution in [3.05, 3.63) is 23.7 Å². The molecule has 0 aliphatic rings. The van der Waals surface area contributed by atoms with Crippen LogP contribution in [0.2, 0.25) is 0 Å². The Morgan fingerprint density at radius 1 is 1.38 bits per heavy atom. The van der Waals surface area contributed by atoms with E-state index < -0.39 is 0 Å². The Morgan fingerprint density at radius 3 is 2.62 bits per heavy atom. The third kappa shape index (κ3) is 3.65. The van der Waals surface area contributed by atoms with Gasteiger partial charge in [0.1, 0.15) is 5.76 Å². The lowest BCUT2D eigenvalue weighted by Crippen LogP contribution is -2.30. The van der Waals surface area contributed by atoms with E-state index in [4.69, 9.17) is 10.2 Å². The van der Waals surface area contributed by atoms with Gasteiger partial charge in [-0.2, -0.15) is 0 Å². The fraction of sp³-hybridized carbons (Fsp3) is 0.692. The van der Waals surface area contributed by atoms with Crippen LogP contribution in [0.5, 0.6) is 0 Å². The Hall–Kier alpha value is -0.800. The van der Waals surface area contributed by atoms with E-state index in [1.165, 1.54) is 12.0 Å². The Morgan fingerprint density at radius 2 is 2.06 bits per heavy atom. The summed E-state index contributed by atoms with van der Waals surface area (Å²) in [6, 6.07) is 2.60. The molecule has 0 aromatic carbocycles. The van der Waals surface area contributed by atoms with Crippen LogP contribution < -0.4 is 5.73 Å². The molecular weight excluding hydrogens is 200 g/mol. The van der Waals surface area contributed by atoms with Gasteiger partial charge in [0, 0.05) is 18.2 Å². The SMILES string of the molecule is CC(C)CC(C)N(C)Cc1ccoc1CN. The second kappa shape index (κ2) is 6.06. The summed E-state index contributed by atoms with van der Waals surface area (Å²) >= 11 is 0. The van der Waals surface area contributed by atoms with Gasteiger partial charge in [0.15, 0.2) is 0 Å². The molecule has 1 aromatic heterocycles. The smallest absolute Gasteiger partial charge is 0.121 e. The molecule has 16 heavy (non-hydrogen) atoms. The molecule has 3 nitrogen and oxygen atoms in total. The van der Waals surface area contributed by atoms with Crippen LogP contribution in [0.15, 0.2) is 16.7 Å². The molecule has 0 amide bonds. The first-order valence-electron chi connectivity index (χ1n) is 6.00. The van der Waals surface area contributed by atoms with Crippen LogP contribution in [0.4, 0.5) is 0 Å². The molecule has 0 radical (unpaired) electrons. The van der Waals surface area contributed by atoms with Crippen LogP contribution in [0.25, 0.3) is 0 Å². The van der Waals surface area contributed by atoms with E-state index in [9.17, 15) is 0 Å². The largest absolute Gasteiger partial charge is 0.468 e. The van der Waals surface area contributed by atoms with Crippen molar-refractivity contribution in [3.8, 4) is 0 Å². The fourth-order valence-electron chi connectivity index (χ4n) is 1.97.